The Labute approximate surface area is 187 Å². The molecule has 0 saturated heterocycles. The third kappa shape index (κ3) is 3.72. The summed E-state index contributed by atoms with van der Waals surface area (Å²) in [4.78, 5) is 38.5. The highest BCUT2D eigenvalue weighted by molar-refractivity contribution is 5.91. The SMILES string of the molecule is C[C@H](NC(=O)OCC1c2ccccc2-c2ccccc21)C(=O)N(C)C1(C(=O)O)CCCC1. The zero-order valence-corrected chi connectivity index (χ0v) is 18.3. The van der Waals surface area contributed by atoms with E-state index in [0.717, 1.165) is 35.1 Å². The number of benzene rings is 2. The fraction of sp³-hybridized carbons (Fsp3) is 0.400. The number of amides is 2. The largest absolute Gasteiger partial charge is 0.479 e. The summed E-state index contributed by atoms with van der Waals surface area (Å²) in [6.07, 6.45) is 1.66. The van der Waals surface area contributed by atoms with E-state index in [0.29, 0.717) is 12.8 Å². The van der Waals surface area contributed by atoms with Gasteiger partial charge in [-0.15, -0.1) is 0 Å². The standard InChI is InChI=1S/C25H28N2O5/c1-16(22(28)27(2)25(23(29)30)13-7-8-14-25)26-24(31)32-15-21-19-11-5-3-9-17(19)18-10-4-6-12-20(18)21/h3-6,9-12,16,21H,7-8,13-15H2,1-2H3,(H,26,31)(H,29,30)/t16-/m0/s1. The van der Waals surface area contributed by atoms with E-state index in [1.54, 1.807) is 6.92 Å². The van der Waals surface area contributed by atoms with Gasteiger partial charge in [0, 0.05) is 13.0 Å². The molecular formula is C25H28N2O5. The number of hydrogen-bond donors (Lipinski definition) is 2. The highest BCUT2D eigenvalue weighted by atomic mass is 16.5. The van der Waals surface area contributed by atoms with E-state index in [4.69, 9.17) is 4.74 Å². The predicted octanol–water partition coefficient (Wildman–Crippen LogP) is 3.77. The summed E-state index contributed by atoms with van der Waals surface area (Å²) in [5.74, 6) is -1.52. The number of carbonyl (C=O) groups excluding carboxylic acids is 2. The van der Waals surface area contributed by atoms with Crippen molar-refractivity contribution in [3.05, 3.63) is 59.7 Å². The molecule has 32 heavy (non-hydrogen) atoms. The van der Waals surface area contributed by atoms with Crippen molar-refractivity contribution in [3.8, 4) is 11.1 Å². The Morgan fingerprint density at radius 3 is 2.12 bits per heavy atom. The first kappa shape index (κ1) is 21.9. The van der Waals surface area contributed by atoms with Crippen LogP contribution in [0.4, 0.5) is 4.79 Å². The van der Waals surface area contributed by atoms with Gasteiger partial charge in [0.15, 0.2) is 0 Å². The minimum atomic E-state index is -1.20. The van der Waals surface area contributed by atoms with Crippen LogP contribution < -0.4 is 5.32 Å². The normalized spacial score (nSPS) is 17.2. The molecule has 0 radical (unpaired) electrons. The van der Waals surface area contributed by atoms with Crippen LogP contribution in [0.25, 0.3) is 11.1 Å². The maximum absolute atomic E-state index is 12.9. The molecule has 0 aromatic heterocycles. The summed E-state index contributed by atoms with van der Waals surface area (Å²) in [6, 6.07) is 15.2. The summed E-state index contributed by atoms with van der Waals surface area (Å²) in [5.41, 5.74) is 3.29. The van der Waals surface area contributed by atoms with Crippen molar-refractivity contribution in [3.63, 3.8) is 0 Å². The van der Waals surface area contributed by atoms with E-state index in [1.165, 1.54) is 11.9 Å². The van der Waals surface area contributed by atoms with Crippen molar-refractivity contribution in [1.29, 1.82) is 0 Å². The number of carboxylic acids is 1. The molecule has 1 atom stereocenters. The number of hydrogen-bond acceptors (Lipinski definition) is 4. The number of aliphatic carboxylic acids is 1. The molecule has 2 aliphatic rings. The molecule has 7 heteroatoms. The van der Waals surface area contributed by atoms with Crippen LogP contribution in [0.1, 0.15) is 49.7 Å². The lowest BCUT2D eigenvalue weighted by Gasteiger charge is -2.36. The lowest BCUT2D eigenvalue weighted by atomic mass is 9.95. The van der Waals surface area contributed by atoms with Crippen molar-refractivity contribution in [2.45, 2.75) is 50.1 Å². The van der Waals surface area contributed by atoms with Crippen LogP contribution in [0.15, 0.2) is 48.5 Å². The van der Waals surface area contributed by atoms with E-state index in [1.807, 2.05) is 36.4 Å². The number of ether oxygens (including phenoxy) is 1. The Kier molecular flexibility index (Phi) is 5.91. The van der Waals surface area contributed by atoms with E-state index < -0.39 is 29.6 Å². The number of nitrogens with zero attached hydrogens (tertiary/aromatic N) is 1. The van der Waals surface area contributed by atoms with Crippen LogP contribution in [-0.2, 0) is 14.3 Å². The van der Waals surface area contributed by atoms with Gasteiger partial charge in [0.1, 0.15) is 18.2 Å². The Hall–Kier alpha value is -3.35. The first-order valence-corrected chi connectivity index (χ1v) is 11.0. The van der Waals surface area contributed by atoms with Crippen LogP contribution >= 0.6 is 0 Å². The molecule has 2 aromatic rings. The molecule has 1 fully saturated rings. The molecule has 2 aromatic carbocycles. The van der Waals surface area contributed by atoms with E-state index in [9.17, 15) is 19.5 Å². The van der Waals surface area contributed by atoms with Crippen LogP contribution in [0.2, 0.25) is 0 Å². The molecule has 0 bridgehead atoms. The molecule has 4 rings (SSSR count). The number of carboxylic acid groups (broad SMARTS) is 1. The van der Waals surface area contributed by atoms with Crippen molar-refractivity contribution in [1.82, 2.24) is 10.2 Å². The van der Waals surface area contributed by atoms with Gasteiger partial charge in [0.25, 0.3) is 0 Å². The molecular weight excluding hydrogens is 408 g/mol. The number of alkyl carbamates (subject to hydrolysis) is 1. The van der Waals surface area contributed by atoms with Crippen molar-refractivity contribution >= 4 is 18.0 Å². The fourth-order valence-electron chi connectivity index (χ4n) is 5.03. The number of fused-ring (bicyclic) bond motifs is 3. The second-order valence-corrected chi connectivity index (χ2v) is 8.63. The Bertz CT molecular complexity index is 999. The van der Waals surface area contributed by atoms with E-state index in [2.05, 4.69) is 17.4 Å². The second-order valence-electron chi connectivity index (χ2n) is 8.63. The Morgan fingerprint density at radius 2 is 1.59 bits per heavy atom. The molecule has 0 heterocycles. The Morgan fingerprint density at radius 1 is 1.06 bits per heavy atom. The Balaban J connectivity index is 1.39. The summed E-state index contributed by atoms with van der Waals surface area (Å²) >= 11 is 0. The second kappa shape index (κ2) is 8.65. The molecule has 2 aliphatic carbocycles. The molecule has 2 N–H and O–H groups in total. The maximum Gasteiger partial charge on any atom is 0.407 e. The first-order chi connectivity index (χ1) is 15.3. The first-order valence-electron chi connectivity index (χ1n) is 11.0. The quantitative estimate of drug-likeness (QED) is 0.719. The zero-order chi connectivity index (χ0) is 22.9. The van der Waals surface area contributed by atoms with Crippen LogP contribution in [0.5, 0.6) is 0 Å². The smallest absolute Gasteiger partial charge is 0.407 e. The minimum Gasteiger partial charge on any atom is -0.479 e. The lowest BCUT2D eigenvalue weighted by molar-refractivity contribution is -0.158. The molecule has 1 saturated carbocycles. The van der Waals surface area contributed by atoms with Crippen molar-refractivity contribution in [2.24, 2.45) is 0 Å². The average Bonchev–Trinajstić information content (AvgIpc) is 3.41. The highest BCUT2D eigenvalue weighted by Crippen LogP contribution is 2.44. The predicted molar refractivity (Wildman–Crippen MR) is 119 cm³/mol. The van der Waals surface area contributed by atoms with Gasteiger partial charge in [-0.1, -0.05) is 61.4 Å². The van der Waals surface area contributed by atoms with E-state index in [-0.39, 0.29) is 12.5 Å². The topological polar surface area (TPSA) is 95.9 Å². The maximum atomic E-state index is 12.9. The third-order valence-corrected chi connectivity index (χ3v) is 6.85. The molecule has 0 unspecified atom stereocenters. The van der Waals surface area contributed by atoms with Crippen molar-refractivity contribution in [2.75, 3.05) is 13.7 Å². The molecule has 7 nitrogen and oxygen atoms in total. The third-order valence-electron chi connectivity index (χ3n) is 6.85. The van der Waals surface area contributed by atoms with Gasteiger partial charge in [-0.05, 0) is 42.0 Å². The number of nitrogens with one attached hydrogen (secondary N) is 1. The summed E-state index contributed by atoms with van der Waals surface area (Å²) < 4.78 is 5.50. The monoisotopic (exact) mass is 436 g/mol. The van der Waals surface area contributed by atoms with Gasteiger partial charge in [-0.3, -0.25) is 4.79 Å². The van der Waals surface area contributed by atoms with Crippen LogP contribution in [-0.4, -0.2) is 53.2 Å². The van der Waals surface area contributed by atoms with Gasteiger partial charge in [0.05, 0.1) is 0 Å². The number of carbonyl (C=O) groups is 3. The summed E-state index contributed by atoms with van der Waals surface area (Å²) in [6.45, 7) is 1.69. The molecule has 0 spiro atoms. The fourth-order valence-corrected chi connectivity index (χ4v) is 5.03. The average molecular weight is 437 g/mol. The van der Waals surface area contributed by atoms with Gasteiger partial charge in [0.2, 0.25) is 5.91 Å². The molecule has 168 valence electrons. The van der Waals surface area contributed by atoms with Gasteiger partial charge in [-0.2, -0.15) is 0 Å². The number of rotatable bonds is 6. The van der Waals surface area contributed by atoms with Crippen molar-refractivity contribution < 1.29 is 24.2 Å². The van der Waals surface area contributed by atoms with Gasteiger partial charge < -0.3 is 20.1 Å². The number of likely N-dealkylation sites (N-methyl/N-ethyl adjacent to an activating group) is 1. The molecule has 2 amide bonds. The summed E-state index contributed by atoms with van der Waals surface area (Å²) in [5, 5.41) is 12.3. The minimum absolute atomic E-state index is 0.0735. The van der Waals surface area contributed by atoms with E-state index >= 15 is 0 Å². The van der Waals surface area contributed by atoms with Gasteiger partial charge in [-0.25, -0.2) is 9.59 Å². The summed E-state index contributed by atoms with van der Waals surface area (Å²) in [7, 11) is 1.50. The molecule has 0 aliphatic heterocycles. The highest BCUT2D eigenvalue weighted by Gasteiger charge is 2.47. The van der Waals surface area contributed by atoms with Crippen LogP contribution in [0.3, 0.4) is 0 Å². The lowest BCUT2D eigenvalue weighted by Crippen LogP contribution is -2.58. The van der Waals surface area contributed by atoms with Gasteiger partial charge >= 0.3 is 12.1 Å². The zero-order valence-electron chi connectivity index (χ0n) is 18.3. The van der Waals surface area contributed by atoms with Crippen LogP contribution in [0, 0.1) is 0 Å².